The van der Waals surface area contributed by atoms with E-state index in [-0.39, 0.29) is 12.3 Å². The van der Waals surface area contributed by atoms with Crippen molar-refractivity contribution < 1.29 is 18.1 Å². The zero-order valence-corrected chi connectivity index (χ0v) is 19.0. The number of hydrogen-bond donors (Lipinski definition) is 3. The molecule has 0 rings (SSSR count). The highest BCUT2D eigenvalue weighted by molar-refractivity contribution is 7.87. The predicted molar refractivity (Wildman–Crippen MR) is 114 cm³/mol. The lowest BCUT2D eigenvalue weighted by molar-refractivity contribution is -0.0401. The van der Waals surface area contributed by atoms with Crippen LogP contribution in [0.3, 0.4) is 0 Å². The summed E-state index contributed by atoms with van der Waals surface area (Å²) in [5.41, 5.74) is 4.23. The Labute approximate surface area is 168 Å². The van der Waals surface area contributed by atoms with Gasteiger partial charge in [-0.25, -0.2) is 0 Å². The van der Waals surface area contributed by atoms with Crippen LogP contribution in [0, 0.1) is 5.92 Å². The highest BCUT2D eigenvalue weighted by Gasteiger charge is 2.54. The van der Waals surface area contributed by atoms with Crippen molar-refractivity contribution in [3.8, 4) is 0 Å². The summed E-state index contributed by atoms with van der Waals surface area (Å²) in [6.07, 6.45) is 15.8. The van der Waals surface area contributed by atoms with E-state index in [1.807, 2.05) is 0 Å². The van der Waals surface area contributed by atoms with Gasteiger partial charge in [0.25, 0.3) is 10.1 Å². The van der Waals surface area contributed by atoms with Crippen LogP contribution in [-0.4, -0.2) is 28.5 Å². The average molecular weight is 408 g/mol. The van der Waals surface area contributed by atoms with Crippen LogP contribution in [0.1, 0.15) is 118 Å². The number of aliphatic hydroxyl groups is 1. The van der Waals surface area contributed by atoms with Gasteiger partial charge in [-0.15, -0.1) is 0 Å². The number of hydrogen-bond acceptors (Lipinski definition) is 4. The second kappa shape index (κ2) is 13.1. The molecule has 0 aromatic rings. The maximum absolute atomic E-state index is 11.7. The first kappa shape index (κ1) is 26.8. The van der Waals surface area contributed by atoms with Crippen molar-refractivity contribution in [1.29, 1.82) is 0 Å². The van der Waals surface area contributed by atoms with Gasteiger partial charge >= 0.3 is 0 Å². The molecule has 0 aromatic heterocycles. The maximum Gasteiger partial charge on any atom is 0.286 e. The zero-order valence-electron chi connectivity index (χ0n) is 18.2. The standard InChI is InChI=1S/C21H45NO4S/c1-5-7-8-9-10-11-12-13-14-15-16-17-18-19(3)20(4,23)21(22,6-2)27(24,25)26/h19,23H,5-18,22H2,1-4H3,(H,24,25,26). The van der Waals surface area contributed by atoms with E-state index in [2.05, 4.69) is 6.92 Å². The molecule has 0 bridgehead atoms. The number of unbranched alkanes of at least 4 members (excludes halogenated alkanes) is 11. The normalized spacial score (nSPS) is 18.0. The molecule has 6 heteroatoms. The lowest BCUT2D eigenvalue weighted by Gasteiger charge is -2.43. The fourth-order valence-electron chi connectivity index (χ4n) is 3.79. The van der Waals surface area contributed by atoms with Gasteiger partial charge in [0, 0.05) is 0 Å². The minimum Gasteiger partial charge on any atom is -0.387 e. The molecule has 3 unspecified atom stereocenters. The number of rotatable bonds is 17. The van der Waals surface area contributed by atoms with E-state index in [9.17, 15) is 18.1 Å². The van der Waals surface area contributed by atoms with Gasteiger partial charge in [0.05, 0.1) is 5.60 Å². The van der Waals surface area contributed by atoms with Crippen LogP contribution in [0.15, 0.2) is 0 Å². The largest absolute Gasteiger partial charge is 0.387 e. The third-order valence-corrected chi connectivity index (χ3v) is 7.92. The Balaban J connectivity index is 3.98. The van der Waals surface area contributed by atoms with Crippen LogP contribution in [0.4, 0.5) is 0 Å². The molecule has 0 aliphatic carbocycles. The molecule has 0 aromatic carbocycles. The van der Waals surface area contributed by atoms with E-state index in [1.165, 1.54) is 71.1 Å². The van der Waals surface area contributed by atoms with E-state index < -0.39 is 20.6 Å². The van der Waals surface area contributed by atoms with E-state index in [0.29, 0.717) is 6.42 Å². The topological polar surface area (TPSA) is 101 Å². The van der Waals surface area contributed by atoms with E-state index in [4.69, 9.17) is 5.73 Å². The molecule has 0 heterocycles. The fourth-order valence-corrected chi connectivity index (χ4v) is 4.88. The highest BCUT2D eigenvalue weighted by atomic mass is 32.2. The first-order valence-electron chi connectivity index (χ1n) is 11.0. The molecule has 0 aliphatic rings. The minimum atomic E-state index is -4.55. The third kappa shape index (κ3) is 8.80. The van der Waals surface area contributed by atoms with Crippen LogP contribution in [-0.2, 0) is 10.1 Å². The van der Waals surface area contributed by atoms with Crippen molar-refractivity contribution in [2.45, 2.75) is 128 Å². The van der Waals surface area contributed by atoms with E-state index in [0.717, 1.165) is 12.8 Å². The molecule has 0 spiro atoms. The first-order chi connectivity index (χ1) is 12.5. The zero-order chi connectivity index (χ0) is 21.0. The van der Waals surface area contributed by atoms with Gasteiger partial charge in [0.15, 0.2) is 4.87 Å². The Morgan fingerprint density at radius 1 is 0.852 bits per heavy atom. The molecular formula is C21H45NO4S. The van der Waals surface area contributed by atoms with Gasteiger partial charge in [-0.2, -0.15) is 8.42 Å². The smallest absolute Gasteiger partial charge is 0.286 e. The highest BCUT2D eigenvalue weighted by Crippen LogP contribution is 2.36. The monoisotopic (exact) mass is 407 g/mol. The van der Waals surface area contributed by atoms with Gasteiger partial charge in [0.1, 0.15) is 0 Å². The van der Waals surface area contributed by atoms with Gasteiger partial charge in [-0.1, -0.05) is 97.8 Å². The van der Waals surface area contributed by atoms with E-state index in [1.54, 1.807) is 13.8 Å². The summed E-state index contributed by atoms with van der Waals surface area (Å²) in [7, 11) is -4.55. The van der Waals surface area contributed by atoms with Crippen LogP contribution in [0.5, 0.6) is 0 Å². The summed E-state index contributed by atoms with van der Waals surface area (Å²) >= 11 is 0. The molecule has 0 saturated carbocycles. The number of nitrogens with two attached hydrogens (primary N) is 1. The van der Waals surface area contributed by atoms with Crippen LogP contribution >= 0.6 is 0 Å². The first-order valence-corrected chi connectivity index (χ1v) is 12.5. The summed E-state index contributed by atoms with van der Waals surface area (Å²) in [5, 5.41) is 10.8. The molecule has 4 N–H and O–H groups in total. The van der Waals surface area contributed by atoms with Crippen molar-refractivity contribution >= 4 is 10.1 Å². The Hall–Kier alpha value is -0.170. The second-order valence-electron chi connectivity index (χ2n) is 8.44. The van der Waals surface area contributed by atoms with Gasteiger partial charge in [-0.3, -0.25) is 4.55 Å². The van der Waals surface area contributed by atoms with Crippen LogP contribution < -0.4 is 5.73 Å². The van der Waals surface area contributed by atoms with Crippen molar-refractivity contribution in [1.82, 2.24) is 0 Å². The predicted octanol–water partition coefficient (Wildman–Crippen LogP) is 5.42. The lowest BCUT2D eigenvalue weighted by atomic mass is 9.79. The second-order valence-corrected chi connectivity index (χ2v) is 10.1. The van der Waals surface area contributed by atoms with Crippen molar-refractivity contribution in [3.63, 3.8) is 0 Å². The third-order valence-electron chi connectivity index (χ3n) is 6.29. The van der Waals surface area contributed by atoms with Crippen molar-refractivity contribution in [2.75, 3.05) is 0 Å². The lowest BCUT2D eigenvalue weighted by Crippen LogP contribution is -2.66. The SMILES string of the molecule is CCCCCCCCCCCCCCC(C)C(C)(O)C(N)(CC)S(=O)(=O)O. The van der Waals surface area contributed by atoms with Crippen molar-refractivity contribution in [2.24, 2.45) is 11.7 Å². The maximum atomic E-state index is 11.7. The Morgan fingerprint density at radius 2 is 1.22 bits per heavy atom. The molecule has 5 nitrogen and oxygen atoms in total. The Morgan fingerprint density at radius 3 is 1.56 bits per heavy atom. The quantitative estimate of drug-likeness (QED) is 0.221. The molecule has 3 atom stereocenters. The average Bonchev–Trinajstić information content (AvgIpc) is 2.60. The Bertz CT molecular complexity index is 479. The molecule has 0 radical (unpaired) electrons. The molecule has 0 aliphatic heterocycles. The Kier molecular flexibility index (Phi) is 13.0. The summed E-state index contributed by atoms with van der Waals surface area (Å²) in [5.74, 6) is -0.313. The summed E-state index contributed by atoms with van der Waals surface area (Å²) in [6.45, 7) is 7.04. The van der Waals surface area contributed by atoms with Crippen LogP contribution in [0.25, 0.3) is 0 Å². The molecule has 0 fully saturated rings. The molecule has 0 saturated heterocycles. The summed E-state index contributed by atoms with van der Waals surface area (Å²) < 4.78 is 32.8. The molecule has 164 valence electrons. The summed E-state index contributed by atoms with van der Waals surface area (Å²) in [4.78, 5) is -2.03. The van der Waals surface area contributed by atoms with Crippen LogP contribution in [0.2, 0.25) is 0 Å². The fraction of sp³-hybridized carbons (Fsp3) is 1.00. The van der Waals surface area contributed by atoms with Crippen molar-refractivity contribution in [3.05, 3.63) is 0 Å². The van der Waals surface area contributed by atoms with Gasteiger partial charge < -0.3 is 10.8 Å². The molecule has 0 amide bonds. The molecular weight excluding hydrogens is 362 g/mol. The summed E-state index contributed by atoms with van der Waals surface area (Å²) in [6, 6.07) is 0. The van der Waals surface area contributed by atoms with Gasteiger partial charge in [0.2, 0.25) is 0 Å². The molecule has 27 heavy (non-hydrogen) atoms. The van der Waals surface area contributed by atoms with Gasteiger partial charge in [-0.05, 0) is 25.7 Å². The van der Waals surface area contributed by atoms with E-state index >= 15 is 0 Å². The minimum absolute atomic E-state index is 0.0401.